The molecule has 2 aliphatic heterocycles. The zero-order valence-corrected chi connectivity index (χ0v) is 17.9. The lowest BCUT2D eigenvalue weighted by Gasteiger charge is -2.34. The van der Waals surface area contributed by atoms with E-state index in [0.29, 0.717) is 13.0 Å². The van der Waals surface area contributed by atoms with Crippen LogP contribution in [-0.4, -0.2) is 33.5 Å². The van der Waals surface area contributed by atoms with Crippen LogP contribution in [0.15, 0.2) is 35.2 Å². The molecule has 0 fully saturated rings. The summed E-state index contributed by atoms with van der Waals surface area (Å²) in [5.74, 6) is 0.0339. The Balaban J connectivity index is 1.62. The Morgan fingerprint density at radius 1 is 1.17 bits per heavy atom. The number of primary sulfonamides is 1. The van der Waals surface area contributed by atoms with Crippen LogP contribution in [0.3, 0.4) is 0 Å². The number of carbonyl (C=O) groups excluding carboxylic acids is 1. The topological polar surface area (TPSA) is 83.7 Å². The van der Waals surface area contributed by atoms with Gasteiger partial charge in [0.15, 0.2) is 0 Å². The fraction of sp³-hybridized carbons (Fsp3) is 0.409. The molecule has 2 heterocycles. The van der Waals surface area contributed by atoms with Gasteiger partial charge in [0.2, 0.25) is 15.9 Å². The zero-order valence-electron chi connectivity index (χ0n) is 17.1. The highest BCUT2D eigenvalue weighted by atomic mass is 32.2. The van der Waals surface area contributed by atoms with Crippen molar-refractivity contribution in [2.24, 2.45) is 5.14 Å². The van der Waals surface area contributed by atoms with Gasteiger partial charge < -0.3 is 9.80 Å². The number of nitrogens with two attached hydrogens (primary N) is 1. The molecule has 29 heavy (non-hydrogen) atoms. The molecule has 0 spiro atoms. The van der Waals surface area contributed by atoms with E-state index in [1.54, 1.807) is 17.0 Å². The summed E-state index contributed by atoms with van der Waals surface area (Å²) in [5.41, 5.74) is 6.63. The molecule has 0 radical (unpaired) electrons. The summed E-state index contributed by atoms with van der Waals surface area (Å²) in [7, 11) is -3.76. The van der Waals surface area contributed by atoms with Gasteiger partial charge in [0.25, 0.3) is 0 Å². The molecule has 154 valence electrons. The Labute approximate surface area is 172 Å². The third-order valence-corrected chi connectivity index (χ3v) is 6.89. The average molecular weight is 414 g/mol. The lowest BCUT2D eigenvalue weighted by molar-refractivity contribution is -0.117. The van der Waals surface area contributed by atoms with E-state index < -0.39 is 10.0 Å². The summed E-state index contributed by atoms with van der Waals surface area (Å²) in [6.45, 7) is 7.40. The van der Waals surface area contributed by atoms with Crippen molar-refractivity contribution in [1.29, 1.82) is 0 Å². The van der Waals surface area contributed by atoms with E-state index in [0.717, 1.165) is 30.6 Å². The maximum absolute atomic E-state index is 13.3. The van der Waals surface area contributed by atoms with Crippen LogP contribution in [-0.2, 0) is 27.7 Å². The van der Waals surface area contributed by atoms with E-state index in [2.05, 4.69) is 30.9 Å². The smallest absolute Gasteiger partial charge is 0.246 e. The van der Waals surface area contributed by atoms with Crippen LogP contribution in [0.4, 0.5) is 11.4 Å². The Hall–Kier alpha value is -2.38. The first-order chi connectivity index (χ1) is 13.6. The first-order valence-electron chi connectivity index (χ1n) is 9.98. The summed E-state index contributed by atoms with van der Waals surface area (Å²) in [6.07, 6.45) is 2.71. The van der Waals surface area contributed by atoms with E-state index in [9.17, 15) is 13.2 Å². The van der Waals surface area contributed by atoms with Crippen LogP contribution in [0.1, 0.15) is 35.6 Å². The van der Waals surface area contributed by atoms with Crippen molar-refractivity contribution in [3.8, 4) is 0 Å². The Morgan fingerprint density at radius 3 is 2.66 bits per heavy atom. The minimum absolute atomic E-state index is 0.0169. The number of fused-ring (bicyclic) bond motifs is 2. The summed E-state index contributed by atoms with van der Waals surface area (Å²) in [5, 5.41) is 5.26. The van der Waals surface area contributed by atoms with Gasteiger partial charge in [-0.2, -0.15) is 0 Å². The SMILES string of the molecule is Cc1cc(C)c2c(c1)N(CC(=O)N1c3ccc(S(N)(=O)=O)cc3CC1C)CCC2. The van der Waals surface area contributed by atoms with Gasteiger partial charge in [-0.3, -0.25) is 4.79 Å². The summed E-state index contributed by atoms with van der Waals surface area (Å²) in [6, 6.07) is 9.14. The van der Waals surface area contributed by atoms with Crippen molar-refractivity contribution in [2.45, 2.75) is 51.0 Å². The second-order valence-electron chi connectivity index (χ2n) is 8.26. The molecule has 0 aliphatic carbocycles. The molecular weight excluding hydrogens is 386 g/mol. The van der Waals surface area contributed by atoms with Gasteiger partial charge in [0.05, 0.1) is 11.4 Å². The second kappa shape index (κ2) is 7.15. The Morgan fingerprint density at radius 2 is 1.93 bits per heavy atom. The van der Waals surface area contributed by atoms with Gasteiger partial charge in [-0.25, -0.2) is 13.6 Å². The Bertz CT molecular complexity index is 1090. The van der Waals surface area contributed by atoms with Crippen LogP contribution in [0.2, 0.25) is 0 Å². The number of rotatable bonds is 3. The van der Waals surface area contributed by atoms with E-state index in [1.807, 2.05) is 6.92 Å². The minimum Gasteiger partial charge on any atom is -0.362 e. The normalized spacial score (nSPS) is 18.6. The van der Waals surface area contributed by atoms with Gasteiger partial charge in [0.1, 0.15) is 0 Å². The van der Waals surface area contributed by atoms with Gasteiger partial charge in [-0.05, 0) is 86.6 Å². The molecule has 4 rings (SSSR count). The fourth-order valence-corrected chi connectivity index (χ4v) is 5.28. The van der Waals surface area contributed by atoms with Crippen molar-refractivity contribution in [1.82, 2.24) is 0 Å². The van der Waals surface area contributed by atoms with Crippen molar-refractivity contribution < 1.29 is 13.2 Å². The maximum atomic E-state index is 13.3. The number of anilines is 2. The quantitative estimate of drug-likeness (QED) is 0.839. The van der Waals surface area contributed by atoms with E-state index in [1.165, 1.54) is 28.4 Å². The zero-order chi connectivity index (χ0) is 20.9. The molecule has 7 heteroatoms. The second-order valence-corrected chi connectivity index (χ2v) is 9.82. The van der Waals surface area contributed by atoms with Gasteiger partial charge in [-0.1, -0.05) is 6.07 Å². The minimum atomic E-state index is -3.76. The first-order valence-corrected chi connectivity index (χ1v) is 11.5. The summed E-state index contributed by atoms with van der Waals surface area (Å²) < 4.78 is 23.3. The predicted molar refractivity (Wildman–Crippen MR) is 115 cm³/mol. The van der Waals surface area contributed by atoms with Crippen LogP contribution in [0.5, 0.6) is 0 Å². The van der Waals surface area contributed by atoms with E-state index >= 15 is 0 Å². The number of benzene rings is 2. The molecule has 1 unspecified atom stereocenters. The number of amides is 1. The molecular formula is C22H27N3O3S. The highest BCUT2D eigenvalue weighted by molar-refractivity contribution is 7.89. The molecule has 6 nitrogen and oxygen atoms in total. The van der Waals surface area contributed by atoms with Gasteiger partial charge in [-0.15, -0.1) is 0 Å². The molecule has 1 amide bonds. The van der Waals surface area contributed by atoms with Crippen molar-refractivity contribution in [2.75, 3.05) is 22.9 Å². The molecule has 2 aromatic rings. The number of sulfonamides is 1. The third-order valence-electron chi connectivity index (χ3n) is 5.98. The molecule has 0 saturated heterocycles. The summed E-state index contributed by atoms with van der Waals surface area (Å²) >= 11 is 0. The number of carbonyl (C=O) groups is 1. The lowest BCUT2D eigenvalue weighted by Crippen LogP contribution is -2.44. The number of hydrogen-bond acceptors (Lipinski definition) is 4. The number of hydrogen-bond donors (Lipinski definition) is 1. The Kier molecular flexibility index (Phi) is 4.91. The number of aryl methyl sites for hydroxylation is 2. The highest BCUT2D eigenvalue weighted by Crippen LogP contribution is 2.35. The highest BCUT2D eigenvalue weighted by Gasteiger charge is 2.33. The van der Waals surface area contributed by atoms with Gasteiger partial charge in [0, 0.05) is 24.0 Å². The van der Waals surface area contributed by atoms with E-state index in [4.69, 9.17) is 5.14 Å². The van der Waals surface area contributed by atoms with Crippen LogP contribution in [0, 0.1) is 13.8 Å². The van der Waals surface area contributed by atoms with Gasteiger partial charge >= 0.3 is 0 Å². The van der Waals surface area contributed by atoms with Crippen molar-refractivity contribution >= 4 is 27.3 Å². The molecule has 2 aromatic carbocycles. The molecule has 0 bridgehead atoms. The molecule has 2 aliphatic rings. The predicted octanol–water partition coefficient (Wildman–Crippen LogP) is 2.68. The maximum Gasteiger partial charge on any atom is 0.246 e. The third kappa shape index (κ3) is 3.65. The molecule has 1 atom stereocenters. The monoisotopic (exact) mass is 413 g/mol. The van der Waals surface area contributed by atoms with Crippen molar-refractivity contribution in [3.05, 3.63) is 52.6 Å². The average Bonchev–Trinajstić information content (AvgIpc) is 2.96. The van der Waals surface area contributed by atoms with Crippen LogP contribution >= 0.6 is 0 Å². The van der Waals surface area contributed by atoms with E-state index in [-0.39, 0.29) is 16.8 Å². The lowest BCUT2D eigenvalue weighted by atomic mass is 9.95. The molecule has 0 saturated carbocycles. The molecule has 0 aromatic heterocycles. The molecule has 2 N–H and O–H groups in total. The standard InChI is InChI=1S/C22H27N3O3S/c1-14-9-15(2)19-5-4-8-24(21(19)10-14)13-22(26)25-16(3)11-17-12-18(29(23,27)28)6-7-20(17)25/h6-7,9-10,12,16H,4-5,8,11,13H2,1-3H3,(H2,23,27,28). The number of nitrogens with zero attached hydrogens (tertiary/aromatic N) is 2. The van der Waals surface area contributed by atoms with Crippen LogP contribution < -0.4 is 14.9 Å². The van der Waals surface area contributed by atoms with Crippen LogP contribution in [0.25, 0.3) is 0 Å². The first kappa shape index (κ1) is 19.9. The fourth-order valence-electron chi connectivity index (χ4n) is 4.72. The summed E-state index contributed by atoms with van der Waals surface area (Å²) in [4.78, 5) is 17.4. The van der Waals surface area contributed by atoms with Crippen molar-refractivity contribution in [3.63, 3.8) is 0 Å². The largest absolute Gasteiger partial charge is 0.362 e.